The lowest BCUT2D eigenvalue weighted by molar-refractivity contribution is 0.316. The molecule has 0 unspecified atom stereocenters. The molecule has 0 fully saturated rings. The Labute approximate surface area is 115 Å². The van der Waals surface area contributed by atoms with Gasteiger partial charge in [-0.25, -0.2) is 0 Å². The molecule has 3 nitrogen and oxygen atoms in total. The molecule has 0 aliphatic carbocycles. The van der Waals surface area contributed by atoms with Gasteiger partial charge in [0.25, 0.3) is 0 Å². The molecule has 2 aromatic carbocycles. The molecule has 0 radical (unpaired) electrons. The fourth-order valence-electron chi connectivity index (χ4n) is 2.38. The fourth-order valence-corrected chi connectivity index (χ4v) is 2.38. The smallest absolute Gasteiger partial charge is 0.123 e. The third-order valence-electron chi connectivity index (χ3n) is 3.39. The summed E-state index contributed by atoms with van der Waals surface area (Å²) in [6, 6.07) is 12.6. The fraction of sp³-hybridized carbons (Fsp3) is 0.375. The van der Waals surface area contributed by atoms with Crippen LogP contribution in [0.5, 0.6) is 5.75 Å². The highest BCUT2D eigenvalue weighted by Gasteiger charge is 2.10. The average molecular weight is 258 g/mol. The Kier molecular flexibility index (Phi) is 4.77. The van der Waals surface area contributed by atoms with Gasteiger partial charge in [0.1, 0.15) is 5.75 Å². The number of rotatable bonds is 6. The van der Waals surface area contributed by atoms with Crippen molar-refractivity contribution in [3.63, 3.8) is 0 Å². The monoisotopic (exact) mass is 258 g/mol. The Hall–Kier alpha value is -1.58. The summed E-state index contributed by atoms with van der Waals surface area (Å²) < 4.78 is 5.51. The molecule has 0 spiro atoms. The molecule has 0 aliphatic heterocycles. The van der Waals surface area contributed by atoms with Crippen molar-refractivity contribution in [3.8, 4) is 5.75 Å². The molecule has 0 saturated carbocycles. The first-order chi connectivity index (χ1) is 9.26. The van der Waals surface area contributed by atoms with Crippen LogP contribution in [0.25, 0.3) is 10.8 Å². The molecule has 102 valence electrons. The zero-order valence-corrected chi connectivity index (χ0v) is 11.7. The first-order valence-corrected chi connectivity index (χ1v) is 6.69. The van der Waals surface area contributed by atoms with Crippen LogP contribution >= 0.6 is 0 Å². The maximum atomic E-state index is 5.57. The second-order valence-electron chi connectivity index (χ2n) is 4.85. The largest absolute Gasteiger partial charge is 0.496 e. The van der Waals surface area contributed by atoms with E-state index in [1.807, 2.05) is 0 Å². The quantitative estimate of drug-likeness (QED) is 0.865. The number of fused-ring (bicyclic) bond motifs is 1. The molecular formula is C16H22N2O. The highest BCUT2D eigenvalue weighted by atomic mass is 16.5. The number of nitrogens with two attached hydrogens (primary N) is 1. The van der Waals surface area contributed by atoms with E-state index in [-0.39, 0.29) is 0 Å². The lowest BCUT2D eigenvalue weighted by Gasteiger charge is -2.19. The summed E-state index contributed by atoms with van der Waals surface area (Å²) in [5.74, 6) is 0.957. The van der Waals surface area contributed by atoms with Crippen molar-refractivity contribution in [1.29, 1.82) is 0 Å². The number of methoxy groups -OCH3 is 1. The third-order valence-corrected chi connectivity index (χ3v) is 3.39. The second kappa shape index (κ2) is 6.55. The Morgan fingerprint density at radius 3 is 2.68 bits per heavy atom. The van der Waals surface area contributed by atoms with Crippen molar-refractivity contribution in [2.24, 2.45) is 5.73 Å². The van der Waals surface area contributed by atoms with Crippen LogP contribution in [0.3, 0.4) is 0 Å². The van der Waals surface area contributed by atoms with Crippen LogP contribution in [0.15, 0.2) is 36.4 Å². The van der Waals surface area contributed by atoms with Crippen molar-refractivity contribution in [2.45, 2.75) is 13.0 Å². The van der Waals surface area contributed by atoms with E-state index in [0.717, 1.165) is 31.8 Å². The molecule has 2 rings (SSSR count). The van der Waals surface area contributed by atoms with Crippen LogP contribution < -0.4 is 10.5 Å². The molecule has 0 aromatic heterocycles. The third kappa shape index (κ3) is 3.25. The minimum absolute atomic E-state index is 0.733. The maximum absolute atomic E-state index is 5.57. The predicted molar refractivity (Wildman–Crippen MR) is 80.5 cm³/mol. The van der Waals surface area contributed by atoms with E-state index >= 15 is 0 Å². The van der Waals surface area contributed by atoms with E-state index in [1.165, 1.54) is 16.3 Å². The van der Waals surface area contributed by atoms with Crippen LogP contribution in [-0.2, 0) is 6.54 Å². The zero-order valence-electron chi connectivity index (χ0n) is 11.7. The van der Waals surface area contributed by atoms with Gasteiger partial charge in [-0.15, -0.1) is 0 Å². The van der Waals surface area contributed by atoms with Gasteiger partial charge in [0.15, 0.2) is 0 Å². The van der Waals surface area contributed by atoms with E-state index in [1.54, 1.807) is 7.11 Å². The van der Waals surface area contributed by atoms with Gasteiger partial charge in [-0.1, -0.05) is 30.3 Å². The molecule has 19 heavy (non-hydrogen) atoms. The molecule has 0 heterocycles. The van der Waals surface area contributed by atoms with Gasteiger partial charge in [-0.3, -0.25) is 0 Å². The highest BCUT2D eigenvalue weighted by molar-refractivity contribution is 5.87. The van der Waals surface area contributed by atoms with E-state index in [0.29, 0.717) is 0 Å². The van der Waals surface area contributed by atoms with Crippen molar-refractivity contribution in [3.05, 3.63) is 42.0 Å². The number of hydrogen-bond donors (Lipinski definition) is 1. The van der Waals surface area contributed by atoms with Crippen LogP contribution in [-0.4, -0.2) is 32.1 Å². The van der Waals surface area contributed by atoms with Crippen molar-refractivity contribution in [2.75, 3.05) is 27.2 Å². The molecule has 0 amide bonds. The summed E-state index contributed by atoms with van der Waals surface area (Å²) in [4.78, 5) is 2.29. The highest BCUT2D eigenvalue weighted by Crippen LogP contribution is 2.28. The second-order valence-corrected chi connectivity index (χ2v) is 4.85. The van der Waals surface area contributed by atoms with E-state index in [4.69, 9.17) is 10.5 Å². The van der Waals surface area contributed by atoms with Gasteiger partial charge >= 0.3 is 0 Å². The van der Waals surface area contributed by atoms with E-state index < -0.39 is 0 Å². The summed E-state index contributed by atoms with van der Waals surface area (Å²) in [6.07, 6.45) is 1.02. The lowest BCUT2D eigenvalue weighted by atomic mass is 10.0. The van der Waals surface area contributed by atoms with Gasteiger partial charge in [0.05, 0.1) is 7.11 Å². The first-order valence-electron chi connectivity index (χ1n) is 6.69. The van der Waals surface area contributed by atoms with Gasteiger partial charge in [-0.05, 0) is 43.4 Å². The summed E-state index contributed by atoms with van der Waals surface area (Å²) in [7, 11) is 3.85. The molecule has 2 N–H and O–H groups in total. The van der Waals surface area contributed by atoms with Crippen LogP contribution in [0, 0.1) is 0 Å². The molecule has 3 heteroatoms. The Bertz CT molecular complexity index is 539. The number of nitrogens with zero attached hydrogens (tertiary/aromatic N) is 1. The number of hydrogen-bond acceptors (Lipinski definition) is 3. The van der Waals surface area contributed by atoms with Crippen LogP contribution in [0.1, 0.15) is 12.0 Å². The van der Waals surface area contributed by atoms with Gasteiger partial charge in [0, 0.05) is 12.1 Å². The van der Waals surface area contributed by atoms with Crippen molar-refractivity contribution < 1.29 is 4.74 Å². The topological polar surface area (TPSA) is 38.5 Å². The van der Waals surface area contributed by atoms with E-state index in [2.05, 4.69) is 48.3 Å². The molecule has 0 aliphatic rings. The molecular weight excluding hydrogens is 236 g/mol. The first kappa shape index (κ1) is 13.8. The molecule has 0 bridgehead atoms. The van der Waals surface area contributed by atoms with Gasteiger partial charge in [-0.2, -0.15) is 0 Å². The normalized spacial score (nSPS) is 11.2. The van der Waals surface area contributed by atoms with Gasteiger partial charge in [0.2, 0.25) is 0 Å². The summed E-state index contributed by atoms with van der Waals surface area (Å²) in [5, 5.41) is 2.52. The molecule has 0 atom stereocenters. The van der Waals surface area contributed by atoms with Crippen LogP contribution in [0.4, 0.5) is 0 Å². The maximum Gasteiger partial charge on any atom is 0.123 e. The molecule has 0 saturated heterocycles. The SMILES string of the molecule is COc1ccc2ccccc2c1CN(C)CCCN. The summed E-state index contributed by atoms with van der Waals surface area (Å²) in [5.41, 5.74) is 6.82. The summed E-state index contributed by atoms with van der Waals surface area (Å²) >= 11 is 0. The average Bonchev–Trinajstić information content (AvgIpc) is 2.45. The van der Waals surface area contributed by atoms with Crippen LogP contribution in [0.2, 0.25) is 0 Å². The lowest BCUT2D eigenvalue weighted by Crippen LogP contribution is -2.21. The Morgan fingerprint density at radius 1 is 1.16 bits per heavy atom. The van der Waals surface area contributed by atoms with Crippen molar-refractivity contribution in [1.82, 2.24) is 4.90 Å². The van der Waals surface area contributed by atoms with Crippen molar-refractivity contribution >= 4 is 10.8 Å². The molecule has 2 aromatic rings. The number of benzene rings is 2. The number of ether oxygens (including phenoxy) is 1. The summed E-state index contributed by atoms with van der Waals surface area (Å²) in [6.45, 7) is 2.62. The Balaban J connectivity index is 2.33. The van der Waals surface area contributed by atoms with Gasteiger partial charge < -0.3 is 15.4 Å². The Morgan fingerprint density at radius 2 is 1.95 bits per heavy atom. The minimum Gasteiger partial charge on any atom is -0.496 e. The van der Waals surface area contributed by atoms with E-state index in [9.17, 15) is 0 Å². The minimum atomic E-state index is 0.733. The zero-order chi connectivity index (χ0) is 13.7. The standard InChI is InChI=1S/C16H22N2O/c1-18(11-5-10-17)12-15-14-7-4-3-6-13(14)8-9-16(15)19-2/h3-4,6-9H,5,10-12,17H2,1-2H3. The predicted octanol–water partition coefficient (Wildman–Crippen LogP) is 2.63.